The summed E-state index contributed by atoms with van der Waals surface area (Å²) in [6, 6.07) is 7.86. The lowest BCUT2D eigenvalue weighted by Crippen LogP contribution is -2.04. The number of aryl methyl sites for hydroxylation is 1. The Morgan fingerprint density at radius 1 is 1.15 bits per heavy atom. The molecule has 20 heavy (non-hydrogen) atoms. The van der Waals surface area contributed by atoms with Gasteiger partial charge in [0.2, 0.25) is 0 Å². The highest BCUT2D eigenvalue weighted by Crippen LogP contribution is 2.32. The highest BCUT2D eigenvalue weighted by molar-refractivity contribution is 6.31. The Labute approximate surface area is 127 Å². The summed E-state index contributed by atoms with van der Waals surface area (Å²) in [5, 5.41) is 0.960. The van der Waals surface area contributed by atoms with Gasteiger partial charge < -0.3 is 10.5 Å². The molecule has 2 rings (SSSR count). The van der Waals surface area contributed by atoms with E-state index in [9.17, 15) is 4.39 Å². The molecule has 2 nitrogen and oxygen atoms in total. The van der Waals surface area contributed by atoms with E-state index in [0.29, 0.717) is 28.8 Å². The van der Waals surface area contributed by atoms with Gasteiger partial charge in [-0.2, -0.15) is 0 Å². The largest absolute Gasteiger partial charge is 0.454 e. The van der Waals surface area contributed by atoms with Crippen molar-refractivity contribution in [2.75, 3.05) is 6.54 Å². The maximum atomic E-state index is 13.8. The van der Waals surface area contributed by atoms with Crippen molar-refractivity contribution in [3.05, 3.63) is 57.3 Å². The van der Waals surface area contributed by atoms with Gasteiger partial charge in [-0.1, -0.05) is 23.2 Å². The number of hydrogen-bond donors (Lipinski definition) is 1. The molecule has 2 aromatic carbocycles. The lowest BCUT2D eigenvalue weighted by atomic mass is 10.1. The van der Waals surface area contributed by atoms with Crippen LogP contribution in [0.3, 0.4) is 0 Å². The van der Waals surface area contributed by atoms with Gasteiger partial charge in [0.1, 0.15) is 5.75 Å². The number of benzene rings is 2. The fourth-order valence-corrected chi connectivity index (χ4v) is 2.16. The monoisotopic (exact) mass is 313 g/mol. The summed E-state index contributed by atoms with van der Waals surface area (Å²) >= 11 is 11.8. The molecule has 0 radical (unpaired) electrons. The first kappa shape index (κ1) is 15.1. The second-order valence-electron chi connectivity index (χ2n) is 4.42. The highest BCUT2D eigenvalue weighted by atomic mass is 35.5. The predicted molar refractivity (Wildman–Crippen MR) is 80.4 cm³/mol. The Hall–Kier alpha value is -1.29. The van der Waals surface area contributed by atoms with Gasteiger partial charge in [0, 0.05) is 10.0 Å². The van der Waals surface area contributed by atoms with Gasteiger partial charge in [0.05, 0.1) is 0 Å². The zero-order valence-electron chi connectivity index (χ0n) is 10.9. The van der Waals surface area contributed by atoms with Crippen molar-refractivity contribution in [3.8, 4) is 11.5 Å². The van der Waals surface area contributed by atoms with Gasteiger partial charge in [-0.15, -0.1) is 0 Å². The summed E-state index contributed by atoms with van der Waals surface area (Å²) in [6.45, 7) is 2.32. The van der Waals surface area contributed by atoms with E-state index < -0.39 is 5.82 Å². The Morgan fingerprint density at radius 2 is 1.90 bits per heavy atom. The molecule has 0 aliphatic carbocycles. The minimum absolute atomic E-state index is 0.120. The average Bonchev–Trinajstić information content (AvgIpc) is 2.39. The third-order valence-electron chi connectivity index (χ3n) is 2.87. The van der Waals surface area contributed by atoms with E-state index in [2.05, 4.69) is 0 Å². The molecule has 0 aliphatic heterocycles. The minimum Gasteiger partial charge on any atom is -0.454 e. The van der Waals surface area contributed by atoms with Gasteiger partial charge >= 0.3 is 0 Å². The Bertz CT molecular complexity index is 632. The van der Waals surface area contributed by atoms with Crippen molar-refractivity contribution >= 4 is 23.2 Å². The normalized spacial score (nSPS) is 10.7. The van der Waals surface area contributed by atoms with Crippen molar-refractivity contribution in [1.82, 2.24) is 0 Å². The minimum atomic E-state index is -0.510. The van der Waals surface area contributed by atoms with Crippen LogP contribution >= 0.6 is 23.2 Å². The number of hydrogen-bond acceptors (Lipinski definition) is 2. The molecular weight excluding hydrogens is 300 g/mol. The summed E-state index contributed by atoms with van der Waals surface area (Å²) < 4.78 is 19.4. The topological polar surface area (TPSA) is 35.2 Å². The van der Waals surface area contributed by atoms with Gasteiger partial charge in [0.25, 0.3) is 0 Å². The second kappa shape index (κ2) is 6.44. The van der Waals surface area contributed by atoms with Crippen LogP contribution in [0.5, 0.6) is 11.5 Å². The molecule has 0 saturated heterocycles. The van der Waals surface area contributed by atoms with Gasteiger partial charge in [-0.25, -0.2) is 4.39 Å². The molecule has 2 aromatic rings. The fourth-order valence-electron chi connectivity index (χ4n) is 1.82. The van der Waals surface area contributed by atoms with E-state index in [1.807, 2.05) is 6.92 Å². The van der Waals surface area contributed by atoms with Crippen LogP contribution in [-0.4, -0.2) is 6.54 Å². The van der Waals surface area contributed by atoms with E-state index in [4.69, 9.17) is 33.7 Å². The number of ether oxygens (including phenoxy) is 1. The zero-order valence-corrected chi connectivity index (χ0v) is 12.4. The Morgan fingerprint density at radius 3 is 2.55 bits per heavy atom. The molecule has 0 heterocycles. The quantitative estimate of drug-likeness (QED) is 0.885. The maximum absolute atomic E-state index is 13.8. The molecule has 0 saturated carbocycles. The van der Waals surface area contributed by atoms with Crippen molar-refractivity contribution in [1.29, 1.82) is 0 Å². The third-order valence-corrected chi connectivity index (χ3v) is 3.51. The zero-order chi connectivity index (χ0) is 14.7. The molecule has 0 bridgehead atoms. The first-order chi connectivity index (χ1) is 9.51. The first-order valence-electron chi connectivity index (χ1n) is 6.13. The molecular formula is C15H14Cl2FNO. The molecule has 5 heteroatoms. The molecule has 106 valence electrons. The smallest absolute Gasteiger partial charge is 0.167 e. The van der Waals surface area contributed by atoms with Gasteiger partial charge in [-0.3, -0.25) is 0 Å². The van der Waals surface area contributed by atoms with E-state index in [1.165, 1.54) is 12.1 Å². The first-order valence-corrected chi connectivity index (χ1v) is 6.89. The lowest BCUT2D eigenvalue weighted by molar-refractivity contribution is 0.437. The summed E-state index contributed by atoms with van der Waals surface area (Å²) in [6.07, 6.45) is 0.602. The van der Waals surface area contributed by atoms with Crippen LogP contribution in [0.25, 0.3) is 0 Å². The van der Waals surface area contributed by atoms with Crippen molar-refractivity contribution in [2.45, 2.75) is 13.3 Å². The molecule has 0 atom stereocenters. The van der Waals surface area contributed by atoms with Gasteiger partial charge in [-0.05, 0) is 61.3 Å². The Balaban J connectivity index is 2.39. The van der Waals surface area contributed by atoms with Crippen LogP contribution < -0.4 is 10.5 Å². The second-order valence-corrected chi connectivity index (χ2v) is 5.27. The van der Waals surface area contributed by atoms with Crippen LogP contribution in [0, 0.1) is 12.7 Å². The van der Waals surface area contributed by atoms with Crippen LogP contribution in [0.15, 0.2) is 30.3 Å². The SMILES string of the molecule is Cc1cc(Oc2ccc(Cl)cc2F)c(CCN)cc1Cl. The van der Waals surface area contributed by atoms with E-state index in [1.54, 1.807) is 18.2 Å². The molecule has 2 N–H and O–H groups in total. The van der Waals surface area contributed by atoms with Crippen molar-refractivity contribution in [3.63, 3.8) is 0 Å². The predicted octanol–water partition coefficient (Wildman–Crippen LogP) is 4.73. The van der Waals surface area contributed by atoms with E-state index in [0.717, 1.165) is 11.1 Å². The molecule has 0 fully saturated rings. The summed E-state index contributed by atoms with van der Waals surface area (Å²) in [4.78, 5) is 0. The lowest BCUT2D eigenvalue weighted by Gasteiger charge is -2.13. The number of halogens is 3. The number of nitrogens with two attached hydrogens (primary N) is 1. The molecule has 0 aliphatic rings. The Kier molecular flexibility index (Phi) is 4.86. The van der Waals surface area contributed by atoms with Crippen LogP contribution in [0.1, 0.15) is 11.1 Å². The van der Waals surface area contributed by atoms with E-state index in [-0.39, 0.29) is 5.75 Å². The highest BCUT2D eigenvalue weighted by Gasteiger charge is 2.11. The molecule has 0 amide bonds. The van der Waals surface area contributed by atoms with Crippen LogP contribution in [-0.2, 0) is 6.42 Å². The van der Waals surface area contributed by atoms with E-state index >= 15 is 0 Å². The summed E-state index contributed by atoms with van der Waals surface area (Å²) in [5.41, 5.74) is 7.27. The van der Waals surface area contributed by atoms with Crippen LogP contribution in [0.2, 0.25) is 10.0 Å². The van der Waals surface area contributed by atoms with Crippen LogP contribution in [0.4, 0.5) is 4.39 Å². The third kappa shape index (κ3) is 3.42. The molecule has 0 spiro atoms. The fraction of sp³-hybridized carbons (Fsp3) is 0.200. The maximum Gasteiger partial charge on any atom is 0.167 e. The van der Waals surface area contributed by atoms with Gasteiger partial charge in [0.15, 0.2) is 11.6 Å². The average molecular weight is 314 g/mol. The molecule has 0 unspecified atom stereocenters. The van der Waals surface area contributed by atoms with Crippen molar-refractivity contribution in [2.24, 2.45) is 5.73 Å². The summed E-state index contributed by atoms with van der Waals surface area (Å²) in [5.74, 6) is 0.164. The number of rotatable bonds is 4. The molecule has 0 aromatic heterocycles. The summed E-state index contributed by atoms with van der Waals surface area (Å²) in [7, 11) is 0. The van der Waals surface area contributed by atoms with Crippen molar-refractivity contribution < 1.29 is 9.13 Å². The standard InChI is InChI=1S/C15H14Cl2FNO/c1-9-6-15(10(4-5-19)7-12(9)17)20-14-3-2-11(16)8-13(14)18/h2-3,6-8H,4-5,19H2,1H3.